The molecule has 6 nitrogen and oxygen atoms in total. The molecular formula is C12H15N5OS. The van der Waals surface area contributed by atoms with E-state index in [0.717, 1.165) is 30.7 Å². The molecule has 2 aromatic rings. The minimum absolute atomic E-state index is 0.0446. The number of amides is 1. The van der Waals surface area contributed by atoms with Crippen molar-refractivity contribution in [2.24, 2.45) is 5.92 Å². The first-order valence-electron chi connectivity index (χ1n) is 6.34. The van der Waals surface area contributed by atoms with E-state index in [4.69, 9.17) is 0 Å². The van der Waals surface area contributed by atoms with Gasteiger partial charge in [-0.1, -0.05) is 12.1 Å². The van der Waals surface area contributed by atoms with Crippen molar-refractivity contribution in [3.63, 3.8) is 0 Å². The van der Waals surface area contributed by atoms with E-state index in [1.54, 1.807) is 11.3 Å². The molecule has 1 unspecified atom stereocenters. The SMILES string of the molecule is CC1CCc2c(C(=O)NCc3nn[nH]n3)csc2C1. The molecule has 1 aliphatic carbocycles. The van der Waals surface area contributed by atoms with Crippen LogP contribution in [0.5, 0.6) is 0 Å². The fourth-order valence-corrected chi connectivity index (χ4v) is 3.62. The summed E-state index contributed by atoms with van der Waals surface area (Å²) in [5.41, 5.74) is 2.05. The van der Waals surface area contributed by atoms with Gasteiger partial charge in [0.1, 0.15) is 0 Å². The molecular weight excluding hydrogens is 262 g/mol. The molecule has 0 radical (unpaired) electrons. The lowest BCUT2D eigenvalue weighted by Gasteiger charge is -2.18. The number of rotatable bonds is 3. The Hall–Kier alpha value is -1.76. The summed E-state index contributed by atoms with van der Waals surface area (Å²) in [5.74, 6) is 1.17. The van der Waals surface area contributed by atoms with Gasteiger partial charge in [-0.15, -0.1) is 21.5 Å². The predicted molar refractivity (Wildman–Crippen MR) is 70.9 cm³/mol. The number of tetrazole rings is 1. The van der Waals surface area contributed by atoms with Crippen LogP contribution < -0.4 is 5.32 Å². The number of thiophene rings is 1. The standard InChI is InChI=1S/C12H15N5OS/c1-7-2-3-8-9(6-19-10(8)4-7)12(18)13-5-11-14-16-17-15-11/h6-7H,2-5H2,1H3,(H,13,18)(H,14,15,16,17). The van der Waals surface area contributed by atoms with Crippen molar-refractivity contribution in [3.8, 4) is 0 Å². The normalized spacial score (nSPS) is 18.1. The zero-order valence-corrected chi connectivity index (χ0v) is 11.5. The second-order valence-corrected chi connectivity index (χ2v) is 5.87. The van der Waals surface area contributed by atoms with E-state index in [1.165, 1.54) is 10.4 Å². The van der Waals surface area contributed by atoms with Gasteiger partial charge >= 0.3 is 0 Å². The summed E-state index contributed by atoms with van der Waals surface area (Å²) in [6, 6.07) is 0. The average Bonchev–Trinajstić information content (AvgIpc) is 3.04. The van der Waals surface area contributed by atoms with Crippen LogP contribution in [0.1, 0.15) is 40.0 Å². The molecule has 0 aliphatic heterocycles. The monoisotopic (exact) mass is 277 g/mol. The second kappa shape index (κ2) is 5.08. The smallest absolute Gasteiger partial charge is 0.252 e. The number of carbonyl (C=O) groups excluding carboxylic acids is 1. The van der Waals surface area contributed by atoms with Gasteiger partial charge in [0.25, 0.3) is 5.91 Å². The van der Waals surface area contributed by atoms with E-state index in [9.17, 15) is 4.79 Å². The van der Waals surface area contributed by atoms with Gasteiger partial charge in [0.05, 0.1) is 12.1 Å². The highest BCUT2D eigenvalue weighted by atomic mass is 32.1. The Labute approximate surface area is 114 Å². The highest BCUT2D eigenvalue weighted by molar-refractivity contribution is 7.10. The zero-order valence-electron chi connectivity index (χ0n) is 10.6. The van der Waals surface area contributed by atoms with Crippen LogP contribution in [0.2, 0.25) is 0 Å². The number of hydrogen-bond donors (Lipinski definition) is 2. The van der Waals surface area contributed by atoms with Gasteiger partial charge in [-0.3, -0.25) is 4.79 Å². The molecule has 2 heterocycles. The molecule has 1 atom stereocenters. The van der Waals surface area contributed by atoms with E-state index >= 15 is 0 Å². The summed E-state index contributed by atoms with van der Waals surface area (Å²) in [7, 11) is 0. The van der Waals surface area contributed by atoms with Crippen molar-refractivity contribution >= 4 is 17.2 Å². The van der Waals surface area contributed by atoms with Crippen LogP contribution in [0.4, 0.5) is 0 Å². The third-order valence-electron chi connectivity index (χ3n) is 3.44. The number of aromatic amines is 1. The Balaban J connectivity index is 1.70. The quantitative estimate of drug-likeness (QED) is 0.886. The van der Waals surface area contributed by atoms with Crippen LogP contribution in [-0.2, 0) is 19.4 Å². The number of aromatic nitrogens is 4. The highest BCUT2D eigenvalue weighted by Crippen LogP contribution is 2.32. The predicted octanol–water partition coefficient (Wildman–Crippen LogP) is 1.32. The Morgan fingerprint density at radius 3 is 3.32 bits per heavy atom. The molecule has 2 N–H and O–H groups in total. The maximum Gasteiger partial charge on any atom is 0.252 e. The topological polar surface area (TPSA) is 83.6 Å². The van der Waals surface area contributed by atoms with Crippen LogP contribution in [0.25, 0.3) is 0 Å². The van der Waals surface area contributed by atoms with Gasteiger partial charge in [0, 0.05) is 10.3 Å². The molecule has 0 spiro atoms. The minimum atomic E-state index is -0.0446. The molecule has 1 amide bonds. The molecule has 1 aliphatic rings. The first-order chi connectivity index (χ1) is 9.24. The van der Waals surface area contributed by atoms with Crippen LogP contribution >= 0.6 is 11.3 Å². The molecule has 0 saturated heterocycles. The molecule has 0 fully saturated rings. The van der Waals surface area contributed by atoms with Gasteiger partial charge in [0.15, 0.2) is 5.82 Å². The largest absolute Gasteiger partial charge is 0.345 e. The van der Waals surface area contributed by atoms with Crippen LogP contribution in [-0.4, -0.2) is 26.5 Å². The fraction of sp³-hybridized carbons (Fsp3) is 0.500. The number of hydrogen-bond acceptors (Lipinski definition) is 5. The lowest BCUT2D eigenvalue weighted by Crippen LogP contribution is -2.24. The Bertz CT molecular complexity index is 577. The number of nitrogens with zero attached hydrogens (tertiary/aromatic N) is 3. The average molecular weight is 277 g/mol. The van der Waals surface area contributed by atoms with E-state index < -0.39 is 0 Å². The molecule has 0 bridgehead atoms. The maximum atomic E-state index is 12.2. The fourth-order valence-electron chi connectivity index (χ4n) is 2.38. The van der Waals surface area contributed by atoms with Crippen molar-refractivity contribution in [2.75, 3.05) is 0 Å². The first kappa shape index (κ1) is 12.3. The van der Waals surface area contributed by atoms with Crippen molar-refractivity contribution < 1.29 is 4.79 Å². The van der Waals surface area contributed by atoms with Gasteiger partial charge in [-0.25, -0.2) is 0 Å². The summed E-state index contributed by atoms with van der Waals surface area (Å²) in [6.45, 7) is 2.56. The third-order valence-corrected chi connectivity index (χ3v) is 4.49. The van der Waals surface area contributed by atoms with Crippen molar-refractivity contribution in [3.05, 3.63) is 27.2 Å². The molecule has 19 heavy (non-hydrogen) atoms. The Morgan fingerprint density at radius 2 is 2.53 bits per heavy atom. The molecule has 2 aromatic heterocycles. The Morgan fingerprint density at radius 1 is 1.63 bits per heavy atom. The molecule has 7 heteroatoms. The highest BCUT2D eigenvalue weighted by Gasteiger charge is 2.23. The van der Waals surface area contributed by atoms with Crippen molar-refractivity contribution in [2.45, 2.75) is 32.7 Å². The van der Waals surface area contributed by atoms with E-state index in [0.29, 0.717) is 12.4 Å². The van der Waals surface area contributed by atoms with E-state index in [-0.39, 0.29) is 5.91 Å². The number of fused-ring (bicyclic) bond motifs is 1. The lowest BCUT2D eigenvalue weighted by atomic mass is 9.88. The van der Waals surface area contributed by atoms with Gasteiger partial charge in [-0.2, -0.15) is 5.21 Å². The van der Waals surface area contributed by atoms with Gasteiger partial charge in [0.2, 0.25) is 0 Å². The van der Waals surface area contributed by atoms with Crippen molar-refractivity contribution in [1.29, 1.82) is 0 Å². The zero-order chi connectivity index (χ0) is 13.2. The minimum Gasteiger partial charge on any atom is -0.345 e. The summed E-state index contributed by atoms with van der Waals surface area (Å²) in [5, 5.41) is 18.2. The summed E-state index contributed by atoms with van der Waals surface area (Å²) in [4.78, 5) is 13.5. The van der Waals surface area contributed by atoms with Crippen molar-refractivity contribution in [1.82, 2.24) is 25.9 Å². The van der Waals surface area contributed by atoms with E-state index in [2.05, 4.69) is 32.9 Å². The lowest BCUT2D eigenvalue weighted by molar-refractivity contribution is 0.0949. The number of carbonyl (C=O) groups is 1. The number of nitrogens with one attached hydrogen (secondary N) is 2. The number of H-pyrrole nitrogens is 1. The molecule has 0 saturated carbocycles. The van der Waals surface area contributed by atoms with Gasteiger partial charge < -0.3 is 5.32 Å². The van der Waals surface area contributed by atoms with Gasteiger partial charge in [-0.05, 0) is 30.7 Å². The summed E-state index contributed by atoms with van der Waals surface area (Å²) >= 11 is 1.70. The maximum absolute atomic E-state index is 12.2. The van der Waals surface area contributed by atoms with Crippen LogP contribution in [0.15, 0.2) is 5.38 Å². The van der Waals surface area contributed by atoms with E-state index in [1.807, 2.05) is 5.38 Å². The van der Waals surface area contributed by atoms with Crippen LogP contribution in [0.3, 0.4) is 0 Å². The molecule has 3 rings (SSSR count). The second-order valence-electron chi connectivity index (χ2n) is 4.91. The summed E-state index contributed by atoms with van der Waals surface area (Å²) < 4.78 is 0. The molecule has 0 aromatic carbocycles. The summed E-state index contributed by atoms with van der Waals surface area (Å²) in [6.07, 6.45) is 3.26. The first-order valence-corrected chi connectivity index (χ1v) is 7.21. The third kappa shape index (κ3) is 2.51. The molecule has 100 valence electrons. The van der Waals surface area contributed by atoms with Crippen LogP contribution in [0, 0.1) is 5.92 Å². The Kier molecular flexibility index (Phi) is 3.29.